The number of anilines is 1. The highest BCUT2D eigenvalue weighted by atomic mass is 16.5. The lowest BCUT2D eigenvalue weighted by atomic mass is 10.1. The molecule has 0 saturated carbocycles. The van der Waals surface area contributed by atoms with Crippen LogP contribution in [0.1, 0.15) is 29.8 Å². The van der Waals surface area contributed by atoms with Crippen LogP contribution in [0.2, 0.25) is 0 Å². The summed E-state index contributed by atoms with van der Waals surface area (Å²) in [7, 11) is 1.53. The van der Waals surface area contributed by atoms with Gasteiger partial charge in [-0.05, 0) is 35.9 Å². The number of amides is 2. The maximum Gasteiger partial charge on any atom is 0.251 e. The minimum absolute atomic E-state index is 0.0319. The van der Waals surface area contributed by atoms with Gasteiger partial charge in [-0.1, -0.05) is 38.6 Å². The van der Waals surface area contributed by atoms with Crippen molar-refractivity contribution in [2.75, 3.05) is 19.0 Å². The first-order valence-electron chi connectivity index (χ1n) is 9.04. The molecule has 2 aromatic rings. The molecule has 0 spiro atoms. The van der Waals surface area contributed by atoms with E-state index in [0.717, 1.165) is 11.3 Å². The van der Waals surface area contributed by atoms with Crippen LogP contribution >= 0.6 is 0 Å². The van der Waals surface area contributed by atoms with Crippen molar-refractivity contribution in [3.05, 3.63) is 66.2 Å². The molecule has 0 heterocycles. The Bertz CT molecular complexity index is 829. The molecule has 0 unspecified atom stereocenters. The third-order valence-electron chi connectivity index (χ3n) is 3.98. The molecule has 0 saturated heterocycles. The van der Waals surface area contributed by atoms with Crippen molar-refractivity contribution in [3.8, 4) is 11.5 Å². The van der Waals surface area contributed by atoms with Crippen molar-refractivity contribution in [3.63, 3.8) is 0 Å². The summed E-state index contributed by atoms with van der Waals surface area (Å²) in [5.41, 5.74) is 2.13. The van der Waals surface area contributed by atoms with Crippen LogP contribution in [-0.4, -0.2) is 25.5 Å². The first-order chi connectivity index (χ1) is 13.4. The predicted molar refractivity (Wildman–Crippen MR) is 110 cm³/mol. The van der Waals surface area contributed by atoms with Crippen molar-refractivity contribution in [2.24, 2.45) is 5.92 Å². The summed E-state index contributed by atoms with van der Waals surface area (Å²) >= 11 is 0. The smallest absolute Gasteiger partial charge is 0.251 e. The van der Waals surface area contributed by atoms with E-state index < -0.39 is 0 Å². The summed E-state index contributed by atoms with van der Waals surface area (Å²) in [5, 5.41) is 5.70. The molecule has 28 heavy (non-hydrogen) atoms. The van der Waals surface area contributed by atoms with Crippen molar-refractivity contribution >= 4 is 17.5 Å². The second-order valence-electron chi connectivity index (χ2n) is 6.49. The zero-order valence-electron chi connectivity index (χ0n) is 16.5. The number of carbonyl (C=O) groups is 2. The molecule has 0 aliphatic rings. The molecule has 0 fully saturated rings. The monoisotopic (exact) mass is 382 g/mol. The van der Waals surface area contributed by atoms with E-state index in [4.69, 9.17) is 9.47 Å². The molecule has 2 N–H and O–H groups in total. The van der Waals surface area contributed by atoms with Gasteiger partial charge < -0.3 is 20.1 Å². The number of benzene rings is 2. The SMILES string of the molecule is C=CCOc1ccc(C(=O)NCc2ccc(NC(=O)C(C)C)cc2)cc1OC. The Morgan fingerprint density at radius 3 is 2.43 bits per heavy atom. The molecular weight excluding hydrogens is 356 g/mol. The molecule has 6 heteroatoms. The molecule has 0 aliphatic heterocycles. The molecule has 6 nitrogen and oxygen atoms in total. The summed E-state index contributed by atoms with van der Waals surface area (Å²) < 4.78 is 10.8. The van der Waals surface area contributed by atoms with E-state index in [1.54, 1.807) is 24.3 Å². The largest absolute Gasteiger partial charge is 0.493 e. The van der Waals surface area contributed by atoms with Gasteiger partial charge in [-0.15, -0.1) is 0 Å². The van der Waals surface area contributed by atoms with Crippen molar-refractivity contribution in [1.82, 2.24) is 5.32 Å². The van der Waals surface area contributed by atoms with Crippen LogP contribution in [0.15, 0.2) is 55.1 Å². The molecule has 0 aromatic heterocycles. The first-order valence-corrected chi connectivity index (χ1v) is 9.04. The topological polar surface area (TPSA) is 76.7 Å². The maximum atomic E-state index is 12.4. The van der Waals surface area contributed by atoms with Crippen molar-refractivity contribution < 1.29 is 19.1 Å². The Hall–Kier alpha value is -3.28. The normalized spacial score (nSPS) is 10.3. The van der Waals surface area contributed by atoms with Gasteiger partial charge in [0.25, 0.3) is 5.91 Å². The van der Waals surface area contributed by atoms with Gasteiger partial charge in [-0.2, -0.15) is 0 Å². The minimum atomic E-state index is -0.217. The highest BCUT2D eigenvalue weighted by Gasteiger charge is 2.11. The molecule has 0 radical (unpaired) electrons. The van der Waals surface area contributed by atoms with Gasteiger partial charge in [0.1, 0.15) is 6.61 Å². The summed E-state index contributed by atoms with van der Waals surface area (Å²) in [4.78, 5) is 24.1. The highest BCUT2D eigenvalue weighted by Crippen LogP contribution is 2.28. The van der Waals surface area contributed by atoms with Crippen LogP contribution in [0, 0.1) is 5.92 Å². The number of methoxy groups -OCH3 is 1. The van der Waals surface area contributed by atoms with E-state index in [-0.39, 0.29) is 17.7 Å². The lowest BCUT2D eigenvalue weighted by molar-refractivity contribution is -0.118. The van der Waals surface area contributed by atoms with Crippen LogP contribution < -0.4 is 20.1 Å². The third-order valence-corrected chi connectivity index (χ3v) is 3.98. The molecule has 2 rings (SSSR count). The lowest BCUT2D eigenvalue weighted by Crippen LogP contribution is -2.23. The Morgan fingerprint density at radius 2 is 1.82 bits per heavy atom. The first kappa shape index (κ1) is 21.0. The van der Waals surface area contributed by atoms with Crippen LogP contribution in [-0.2, 0) is 11.3 Å². The fraction of sp³-hybridized carbons (Fsp3) is 0.273. The number of ether oxygens (including phenoxy) is 2. The van der Waals surface area contributed by atoms with Crippen LogP contribution in [0.5, 0.6) is 11.5 Å². The van der Waals surface area contributed by atoms with Gasteiger partial charge in [0.15, 0.2) is 11.5 Å². The lowest BCUT2D eigenvalue weighted by Gasteiger charge is -2.12. The Morgan fingerprint density at radius 1 is 1.11 bits per heavy atom. The zero-order valence-corrected chi connectivity index (χ0v) is 16.5. The third kappa shape index (κ3) is 5.87. The minimum Gasteiger partial charge on any atom is -0.493 e. The van der Waals surface area contributed by atoms with E-state index in [0.29, 0.717) is 30.2 Å². The van der Waals surface area contributed by atoms with E-state index in [9.17, 15) is 9.59 Å². The average molecular weight is 382 g/mol. The second-order valence-corrected chi connectivity index (χ2v) is 6.49. The number of rotatable bonds is 9. The highest BCUT2D eigenvalue weighted by molar-refractivity contribution is 5.95. The van der Waals surface area contributed by atoms with Crippen molar-refractivity contribution in [2.45, 2.75) is 20.4 Å². The van der Waals surface area contributed by atoms with Crippen LogP contribution in [0.4, 0.5) is 5.69 Å². The van der Waals surface area contributed by atoms with Gasteiger partial charge in [-0.25, -0.2) is 0 Å². The number of carbonyl (C=O) groups excluding carboxylic acids is 2. The molecule has 148 valence electrons. The molecular formula is C22H26N2O4. The summed E-state index contributed by atoms with van der Waals surface area (Å²) in [6.45, 7) is 8.01. The average Bonchev–Trinajstić information content (AvgIpc) is 2.71. The molecule has 0 bridgehead atoms. The van der Waals surface area contributed by atoms with Gasteiger partial charge in [0.05, 0.1) is 7.11 Å². The predicted octanol–water partition coefficient (Wildman–Crippen LogP) is 3.78. The van der Waals surface area contributed by atoms with E-state index >= 15 is 0 Å². The Balaban J connectivity index is 1.96. The van der Waals surface area contributed by atoms with Crippen LogP contribution in [0.3, 0.4) is 0 Å². The summed E-state index contributed by atoms with van der Waals surface area (Å²) in [5.74, 6) is 0.712. The standard InChI is InChI=1S/C22H26N2O4/c1-5-12-28-19-11-8-17(13-20(19)27-4)22(26)23-14-16-6-9-18(10-7-16)24-21(25)15(2)3/h5-11,13,15H,1,12,14H2,2-4H3,(H,23,26)(H,24,25). The Kier molecular flexibility index (Phi) is 7.63. The molecule has 2 aromatic carbocycles. The number of hydrogen-bond donors (Lipinski definition) is 2. The molecule has 0 aliphatic carbocycles. The quantitative estimate of drug-likeness (QED) is 0.647. The van der Waals surface area contributed by atoms with Gasteiger partial charge in [0, 0.05) is 23.7 Å². The maximum absolute atomic E-state index is 12.4. The van der Waals surface area contributed by atoms with E-state index in [1.165, 1.54) is 7.11 Å². The number of hydrogen-bond acceptors (Lipinski definition) is 4. The van der Waals surface area contributed by atoms with E-state index in [1.807, 2.05) is 38.1 Å². The van der Waals surface area contributed by atoms with Gasteiger partial charge in [0.2, 0.25) is 5.91 Å². The fourth-order valence-electron chi connectivity index (χ4n) is 2.35. The zero-order chi connectivity index (χ0) is 20.5. The van der Waals surface area contributed by atoms with Crippen molar-refractivity contribution in [1.29, 1.82) is 0 Å². The molecule has 2 amide bonds. The second kappa shape index (κ2) is 10.2. The van der Waals surface area contributed by atoms with Crippen LogP contribution in [0.25, 0.3) is 0 Å². The van der Waals surface area contributed by atoms with Gasteiger partial charge >= 0.3 is 0 Å². The summed E-state index contributed by atoms with van der Waals surface area (Å²) in [6.07, 6.45) is 1.64. The Labute approximate surface area is 165 Å². The summed E-state index contributed by atoms with van der Waals surface area (Å²) in [6, 6.07) is 12.4. The molecule has 0 atom stereocenters. The fourth-order valence-corrected chi connectivity index (χ4v) is 2.35. The number of nitrogens with one attached hydrogen (secondary N) is 2. The van der Waals surface area contributed by atoms with E-state index in [2.05, 4.69) is 17.2 Å². The van der Waals surface area contributed by atoms with Gasteiger partial charge in [-0.3, -0.25) is 9.59 Å².